The molecule has 0 spiro atoms. The van der Waals surface area contributed by atoms with Crippen LogP contribution in [-0.4, -0.2) is 10.2 Å². The van der Waals surface area contributed by atoms with Gasteiger partial charge in [-0.05, 0) is 35.9 Å². The van der Waals surface area contributed by atoms with Crippen molar-refractivity contribution in [3.05, 3.63) is 66.1 Å². The Labute approximate surface area is 106 Å². The van der Waals surface area contributed by atoms with Crippen LogP contribution in [0.2, 0.25) is 0 Å². The number of hydrogen-bond donors (Lipinski definition) is 2. The molecule has 92 valence electrons. The van der Waals surface area contributed by atoms with Gasteiger partial charge in [-0.25, -0.2) is 0 Å². The third-order valence-electron chi connectivity index (χ3n) is 2.34. The summed E-state index contributed by atoms with van der Waals surface area (Å²) in [7, 11) is 0. The maximum Gasteiger partial charge on any atom is 0.130 e. The lowest BCUT2D eigenvalue weighted by atomic mass is 10.2. The summed E-state index contributed by atoms with van der Waals surface area (Å²) < 4.78 is 5.60. The molecule has 0 radical (unpaired) electrons. The highest BCUT2D eigenvalue weighted by Crippen LogP contribution is 2.14. The van der Waals surface area contributed by atoms with Crippen LogP contribution < -0.4 is 10.2 Å². The summed E-state index contributed by atoms with van der Waals surface area (Å²) >= 11 is 0. The highest BCUT2D eigenvalue weighted by Gasteiger charge is 1.96. The Morgan fingerprint density at radius 3 is 2.67 bits per heavy atom. The summed E-state index contributed by atoms with van der Waals surface area (Å²) in [6.45, 7) is 0.453. The van der Waals surface area contributed by atoms with Crippen LogP contribution in [0.3, 0.4) is 0 Å². The van der Waals surface area contributed by atoms with Gasteiger partial charge >= 0.3 is 0 Å². The molecule has 0 saturated carbocycles. The highest BCUT2D eigenvalue weighted by atomic mass is 16.5. The predicted molar refractivity (Wildman–Crippen MR) is 69.0 cm³/mol. The molecule has 1 aromatic carbocycles. The van der Waals surface area contributed by atoms with Gasteiger partial charge in [-0.1, -0.05) is 18.2 Å². The largest absolute Gasteiger partial charge is 0.487 e. The third kappa shape index (κ3) is 3.61. The van der Waals surface area contributed by atoms with Gasteiger partial charge in [0, 0.05) is 12.4 Å². The number of benzene rings is 1. The van der Waals surface area contributed by atoms with Gasteiger partial charge in [-0.3, -0.25) is 15.7 Å². The van der Waals surface area contributed by atoms with E-state index in [1.165, 1.54) is 6.20 Å². The van der Waals surface area contributed by atoms with E-state index >= 15 is 0 Å². The van der Waals surface area contributed by atoms with Gasteiger partial charge in [0.15, 0.2) is 0 Å². The normalized spacial score (nSPS) is 10.5. The first-order chi connectivity index (χ1) is 8.88. The van der Waals surface area contributed by atoms with Crippen molar-refractivity contribution >= 4 is 6.08 Å². The molecule has 4 nitrogen and oxygen atoms in total. The van der Waals surface area contributed by atoms with Gasteiger partial charge in [0.05, 0.1) is 5.69 Å². The van der Waals surface area contributed by atoms with Gasteiger partial charge in [-0.2, -0.15) is 0 Å². The molecule has 0 unspecified atom stereocenters. The molecule has 4 heteroatoms. The molecule has 0 bridgehead atoms. The second-order valence-corrected chi connectivity index (χ2v) is 3.64. The first kappa shape index (κ1) is 12.1. The van der Waals surface area contributed by atoms with Gasteiger partial charge in [0.2, 0.25) is 0 Å². The Hall–Kier alpha value is -2.33. The van der Waals surface area contributed by atoms with Crippen molar-refractivity contribution in [3.63, 3.8) is 0 Å². The standard InChI is InChI=1S/C14H14N2O2/c17-16-10-8-12-4-6-14(7-5-12)18-11-13-3-1-2-9-15-13/h1-10,16-17H,11H2/b10-8+. The number of rotatable bonds is 5. The van der Waals surface area contributed by atoms with Crippen LogP contribution in [-0.2, 0) is 6.61 Å². The molecule has 2 N–H and O–H groups in total. The lowest BCUT2D eigenvalue weighted by molar-refractivity contribution is 0.215. The van der Waals surface area contributed by atoms with E-state index in [-0.39, 0.29) is 0 Å². The average Bonchev–Trinajstić information content (AvgIpc) is 2.45. The van der Waals surface area contributed by atoms with Crippen molar-refractivity contribution < 1.29 is 9.94 Å². The lowest BCUT2D eigenvalue weighted by Gasteiger charge is -2.05. The van der Waals surface area contributed by atoms with E-state index < -0.39 is 0 Å². The van der Waals surface area contributed by atoms with E-state index in [1.807, 2.05) is 47.9 Å². The molecule has 18 heavy (non-hydrogen) atoms. The molecule has 0 aliphatic carbocycles. The van der Waals surface area contributed by atoms with Crippen molar-refractivity contribution in [3.8, 4) is 5.75 Å². The lowest BCUT2D eigenvalue weighted by Crippen LogP contribution is -1.97. The quantitative estimate of drug-likeness (QED) is 0.791. The van der Waals surface area contributed by atoms with E-state index in [1.54, 1.807) is 12.3 Å². The van der Waals surface area contributed by atoms with Crippen LogP contribution in [0.1, 0.15) is 11.3 Å². The zero-order chi connectivity index (χ0) is 12.6. The smallest absolute Gasteiger partial charge is 0.130 e. The Morgan fingerprint density at radius 1 is 1.17 bits per heavy atom. The SMILES string of the molecule is ON/C=C/c1ccc(OCc2ccccn2)cc1. The molecule has 0 aliphatic heterocycles. The van der Waals surface area contributed by atoms with Gasteiger partial charge in [0.25, 0.3) is 0 Å². The van der Waals surface area contributed by atoms with Crippen LogP contribution in [0.5, 0.6) is 5.75 Å². The number of aromatic nitrogens is 1. The van der Waals surface area contributed by atoms with Gasteiger partial charge in [-0.15, -0.1) is 0 Å². The Kier molecular flexibility index (Phi) is 4.33. The summed E-state index contributed by atoms with van der Waals surface area (Å²) in [5.74, 6) is 0.787. The Bertz CT molecular complexity index is 495. The molecular weight excluding hydrogens is 228 g/mol. The molecular formula is C14H14N2O2. The molecule has 0 atom stereocenters. The second-order valence-electron chi connectivity index (χ2n) is 3.64. The fraction of sp³-hybridized carbons (Fsp3) is 0.0714. The number of hydrogen-bond acceptors (Lipinski definition) is 4. The predicted octanol–water partition coefficient (Wildman–Crippen LogP) is 2.61. The minimum atomic E-state index is 0.453. The maximum absolute atomic E-state index is 8.42. The van der Waals surface area contributed by atoms with Crippen molar-refractivity contribution in [2.75, 3.05) is 0 Å². The minimum Gasteiger partial charge on any atom is -0.487 e. The Balaban J connectivity index is 1.92. The van der Waals surface area contributed by atoms with Crippen molar-refractivity contribution in [1.29, 1.82) is 0 Å². The topological polar surface area (TPSA) is 54.4 Å². The van der Waals surface area contributed by atoms with Crippen LogP contribution >= 0.6 is 0 Å². The molecule has 0 saturated heterocycles. The van der Waals surface area contributed by atoms with Crippen LogP contribution in [0, 0.1) is 0 Å². The zero-order valence-corrected chi connectivity index (χ0v) is 9.78. The first-order valence-electron chi connectivity index (χ1n) is 5.57. The average molecular weight is 242 g/mol. The fourth-order valence-corrected chi connectivity index (χ4v) is 1.45. The monoisotopic (exact) mass is 242 g/mol. The number of pyridine rings is 1. The maximum atomic E-state index is 8.42. The molecule has 0 aliphatic rings. The van der Waals surface area contributed by atoms with E-state index in [0.717, 1.165) is 17.0 Å². The number of nitrogens with one attached hydrogen (secondary N) is 1. The molecule has 0 amide bonds. The summed E-state index contributed by atoms with van der Waals surface area (Å²) in [5, 5.41) is 8.42. The number of nitrogens with zero attached hydrogens (tertiary/aromatic N) is 1. The minimum absolute atomic E-state index is 0.453. The van der Waals surface area contributed by atoms with Crippen LogP contribution in [0.15, 0.2) is 54.9 Å². The Morgan fingerprint density at radius 2 is 2.00 bits per heavy atom. The first-order valence-corrected chi connectivity index (χ1v) is 5.57. The van der Waals surface area contributed by atoms with E-state index in [2.05, 4.69) is 4.98 Å². The highest BCUT2D eigenvalue weighted by molar-refractivity contribution is 5.49. The van der Waals surface area contributed by atoms with E-state index in [4.69, 9.17) is 9.94 Å². The number of ether oxygens (including phenoxy) is 1. The van der Waals surface area contributed by atoms with Gasteiger partial charge < -0.3 is 4.74 Å². The zero-order valence-electron chi connectivity index (χ0n) is 9.78. The summed E-state index contributed by atoms with van der Waals surface area (Å²) in [5.41, 5.74) is 3.83. The molecule has 2 rings (SSSR count). The van der Waals surface area contributed by atoms with Gasteiger partial charge in [0.1, 0.15) is 12.4 Å². The molecule has 1 heterocycles. The summed E-state index contributed by atoms with van der Waals surface area (Å²) in [6, 6.07) is 13.3. The fourth-order valence-electron chi connectivity index (χ4n) is 1.45. The molecule has 1 aromatic heterocycles. The van der Waals surface area contributed by atoms with E-state index in [9.17, 15) is 0 Å². The summed E-state index contributed by atoms with van der Waals surface area (Å²) in [4.78, 5) is 4.18. The third-order valence-corrected chi connectivity index (χ3v) is 2.34. The van der Waals surface area contributed by atoms with Crippen molar-refractivity contribution in [2.45, 2.75) is 6.61 Å². The van der Waals surface area contributed by atoms with E-state index in [0.29, 0.717) is 6.61 Å². The summed E-state index contributed by atoms with van der Waals surface area (Å²) in [6.07, 6.45) is 4.95. The van der Waals surface area contributed by atoms with Crippen LogP contribution in [0.25, 0.3) is 6.08 Å². The van der Waals surface area contributed by atoms with Crippen molar-refractivity contribution in [2.24, 2.45) is 0 Å². The van der Waals surface area contributed by atoms with Crippen molar-refractivity contribution in [1.82, 2.24) is 10.5 Å². The number of hydroxylamine groups is 1. The molecule has 2 aromatic rings. The second kappa shape index (κ2) is 6.42. The molecule has 0 fully saturated rings. The van der Waals surface area contributed by atoms with Crippen LogP contribution in [0.4, 0.5) is 0 Å².